The third-order valence-corrected chi connectivity index (χ3v) is 0. The summed E-state index contributed by atoms with van der Waals surface area (Å²) in [5.74, 6) is 0. The first-order chi connectivity index (χ1) is 0. The van der Waals surface area contributed by atoms with Crippen LogP contribution < -0.4 is 0 Å². The number of rotatable bonds is 0. The van der Waals surface area contributed by atoms with Crippen molar-refractivity contribution in [2.45, 2.75) is 0 Å². The largest absolute Gasteiger partial charge is 0 e. The second-order valence-electron chi connectivity index (χ2n) is 0. The van der Waals surface area contributed by atoms with Gasteiger partial charge in [-0.25, -0.2) is 0 Å². The molecule has 23 valence electrons. The molecule has 0 aromatic carbocycles. The summed E-state index contributed by atoms with van der Waals surface area (Å²) in [6, 6.07) is 0. The van der Waals surface area contributed by atoms with E-state index in [4.69, 9.17) is 0 Å². The van der Waals surface area contributed by atoms with Crippen molar-refractivity contribution in [3.05, 3.63) is 0 Å². The molecule has 0 atom stereocenters. The Morgan fingerprint density at radius 1 is 1.00 bits per heavy atom. The molecule has 0 spiro atoms. The molecule has 0 aromatic heterocycles. The van der Waals surface area contributed by atoms with Crippen LogP contribution in [-0.2, 0) is 0 Å². The Bertz CT molecular complexity index is 8.00. The van der Waals surface area contributed by atoms with Crippen LogP contribution in [0.25, 0.3) is 0 Å². The van der Waals surface area contributed by atoms with Crippen LogP contribution in [0, 0.1) is 75.5 Å². The van der Waals surface area contributed by atoms with Gasteiger partial charge in [-0.05, 0) is 0 Å². The SMILES string of the molecule is O.[CaH2].[Gd].[La]. The van der Waals surface area contributed by atoms with Crippen LogP contribution in [0.3, 0.4) is 0 Å². The van der Waals surface area contributed by atoms with E-state index in [1.165, 1.54) is 0 Å². The van der Waals surface area contributed by atoms with Crippen LogP contribution in [0.4, 0.5) is 0 Å². The van der Waals surface area contributed by atoms with E-state index < -0.39 is 0 Å². The summed E-state index contributed by atoms with van der Waals surface area (Å²) in [6.45, 7) is 0. The molecule has 1 nitrogen and oxygen atoms in total. The van der Waals surface area contributed by atoms with Crippen molar-refractivity contribution in [1.29, 1.82) is 0 Å². The second kappa shape index (κ2) is 15.9. The first kappa shape index (κ1) is 25.1. The van der Waals surface area contributed by atoms with E-state index in [-0.39, 0.29) is 119 Å². The van der Waals surface area contributed by atoms with E-state index in [9.17, 15) is 0 Å². The molecule has 0 fully saturated rings. The van der Waals surface area contributed by atoms with E-state index in [0.717, 1.165) is 0 Å². The molecule has 0 saturated heterocycles. The summed E-state index contributed by atoms with van der Waals surface area (Å²) in [5.41, 5.74) is 0. The number of hydrogen-bond acceptors (Lipinski definition) is 0. The zero-order chi connectivity index (χ0) is 0. The first-order valence-electron chi connectivity index (χ1n) is 0. The summed E-state index contributed by atoms with van der Waals surface area (Å²) in [4.78, 5) is 0. The maximum atomic E-state index is 0. The van der Waals surface area contributed by atoms with Gasteiger partial charge in [0.15, 0.2) is 0 Å². The molecule has 0 unspecified atom stereocenters. The molecule has 0 aliphatic rings. The molecule has 1 radical (unpaired) electrons. The minimum atomic E-state index is 0. The summed E-state index contributed by atoms with van der Waals surface area (Å²) in [5, 5.41) is 0. The maximum absolute atomic E-state index is 0. The van der Waals surface area contributed by atoms with Crippen molar-refractivity contribution in [2.75, 3.05) is 0 Å². The summed E-state index contributed by atoms with van der Waals surface area (Å²) < 4.78 is 0. The van der Waals surface area contributed by atoms with Crippen molar-refractivity contribution < 1.29 is 81.0 Å². The van der Waals surface area contributed by atoms with E-state index in [0.29, 0.717) is 0 Å². The molecule has 4 heavy (non-hydrogen) atoms. The molecule has 0 saturated carbocycles. The topological polar surface area (TPSA) is 31.5 Å². The fourth-order valence-corrected chi connectivity index (χ4v) is 0. The van der Waals surface area contributed by atoms with Crippen molar-refractivity contribution in [3.8, 4) is 0 Å². The summed E-state index contributed by atoms with van der Waals surface area (Å²) in [6.07, 6.45) is 0. The van der Waals surface area contributed by atoms with Gasteiger partial charge in [0.25, 0.3) is 0 Å². The van der Waals surface area contributed by atoms with E-state index in [2.05, 4.69) is 0 Å². The molecule has 0 rings (SSSR count). The van der Waals surface area contributed by atoms with Crippen LogP contribution in [-0.4, -0.2) is 43.2 Å². The average Bonchev–Trinajstić information content (AvgIpc) is 0. The van der Waals surface area contributed by atoms with Crippen LogP contribution in [0.2, 0.25) is 0 Å². The van der Waals surface area contributed by atoms with Crippen LogP contribution in [0.15, 0.2) is 0 Å². The predicted octanol–water partition coefficient (Wildman–Crippen LogP) is -1.74. The third-order valence-electron chi connectivity index (χ3n) is 0. The molecule has 4 heteroatoms. The normalized spacial score (nSPS) is 0. The van der Waals surface area contributed by atoms with E-state index >= 15 is 0 Å². The molecular formula is H4CaGdLaO. The van der Waals surface area contributed by atoms with Gasteiger partial charge < -0.3 is 5.48 Å². The molecule has 0 aromatic rings. The average molecular weight is 356 g/mol. The Balaban J connectivity index is 0. The van der Waals surface area contributed by atoms with Crippen molar-refractivity contribution >= 4 is 37.7 Å². The van der Waals surface area contributed by atoms with Gasteiger partial charge in [0.1, 0.15) is 0 Å². The monoisotopic (exact) mass is 357 g/mol. The Labute approximate surface area is 115 Å². The maximum Gasteiger partial charge on any atom is 0 e. The van der Waals surface area contributed by atoms with Crippen LogP contribution >= 0.6 is 0 Å². The summed E-state index contributed by atoms with van der Waals surface area (Å²) in [7, 11) is 0. The standard InChI is InChI=1S/Ca.Gd.La.H2O.2H/h;;;1H2;;. The van der Waals surface area contributed by atoms with E-state index in [1.54, 1.807) is 0 Å². The fourth-order valence-electron chi connectivity index (χ4n) is 0. The Morgan fingerprint density at radius 2 is 1.00 bits per heavy atom. The van der Waals surface area contributed by atoms with Gasteiger partial charge in [-0.2, -0.15) is 0 Å². The molecule has 0 bridgehead atoms. The van der Waals surface area contributed by atoms with Crippen molar-refractivity contribution in [2.24, 2.45) is 0 Å². The third kappa shape index (κ3) is 9.22. The number of hydrogen-bond donors (Lipinski definition) is 0. The van der Waals surface area contributed by atoms with Gasteiger partial charge in [0, 0.05) is 75.5 Å². The van der Waals surface area contributed by atoms with Gasteiger partial charge in [-0.15, -0.1) is 0 Å². The molecular weight excluding hydrogens is 352 g/mol. The van der Waals surface area contributed by atoms with Crippen LogP contribution in [0.5, 0.6) is 0 Å². The molecule has 0 amide bonds. The van der Waals surface area contributed by atoms with Crippen molar-refractivity contribution in [3.63, 3.8) is 0 Å². The van der Waals surface area contributed by atoms with Crippen molar-refractivity contribution in [1.82, 2.24) is 0 Å². The summed E-state index contributed by atoms with van der Waals surface area (Å²) >= 11 is 0. The van der Waals surface area contributed by atoms with Gasteiger partial charge in [0.05, 0.1) is 0 Å². The molecule has 0 aliphatic heterocycles. The quantitative estimate of drug-likeness (QED) is 0.462. The minimum absolute atomic E-state index is 0. The fraction of sp³-hybridized carbons (Fsp3) is 0. The Kier molecular flexibility index (Phi) is 99.8. The Morgan fingerprint density at radius 3 is 1.00 bits per heavy atom. The van der Waals surface area contributed by atoms with E-state index in [1.807, 2.05) is 0 Å². The molecule has 0 aliphatic carbocycles. The van der Waals surface area contributed by atoms with Crippen LogP contribution in [0.1, 0.15) is 0 Å². The minimum Gasteiger partial charge on any atom is 0 e. The van der Waals surface area contributed by atoms with Gasteiger partial charge in [-0.1, -0.05) is 0 Å². The van der Waals surface area contributed by atoms with Gasteiger partial charge >= 0.3 is 37.7 Å². The molecule has 0 heterocycles. The molecule has 2 N–H and O–H groups in total. The van der Waals surface area contributed by atoms with Gasteiger partial charge in [-0.3, -0.25) is 0 Å². The predicted molar refractivity (Wildman–Crippen MR) is 12.2 cm³/mol. The second-order valence-corrected chi connectivity index (χ2v) is 0. The first-order valence-corrected chi connectivity index (χ1v) is 0. The zero-order valence-corrected chi connectivity index (χ0v) is 7.33. The van der Waals surface area contributed by atoms with Gasteiger partial charge in [0.2, 0.25) is 0 Å². The Hall–Kier alpha value is 3.74. The zero-order valence-electron chi connectivity index (χ0n) is 1.43. The smallest absolute Gasteiger partial charge is 0 e.